The number of carboxylic acids is 1. The molecule has 0 radical (unpaired) electrons. The van der Waals surface area contributed by atoms with Crippen molar-refractivity contribution in [3.63, 3.8) is 0 Å². The molecule has 32 heavy (non-hydrogen) atoms. The average molecular weight is 437 g/mol. The molecule has 0 heterocycles. The van der Waals surface area contributed by atoms with E-state index in [0.717, 1.165) is 22.3 Å². The SMILES string of the molecule is C=CCC(NC(=O)OCC1c2ccccc2-c2ccccc21)C(=O)N(CCC)CC(=O)O. The first-order valence-corrected chi connectivity index (χ1v) is 10.7. The molecule has 2 aromatic rings. The molecule has 2 aromatic carbocycles. The maximum atomic E-state index is 12.8. The number of hydrogen-bond donors (Lipinski definition) is 2. The van der Waals surface area contributed by atoms with Crippen molar-refractivity contribution in [2.45, 2.75) is 31.7 Å². The number of carbonyl (C=O) groups is 3. The summed E-state index contributed by atoms with van der Waals surface area (Å²) in [4.78, 5) is 37.7. The predicted molar refractivity (Wildman–Crippen MR) is 121 cm³/mol. The lowest BCUT2D eigenvalue weighted by atomic mass is 9.98. The zero-order valence-corrected chi connectivity index (χ0v) is 18.1. The molecule has 0 fully saturated rings. The third-order valence-corrected chi connectivity index (χ3v) is 5.47. The van der Waals surface area contributed by atoms with Crippen LogP contribution in [0.3, 0.4) is 0 Å². The Morgan fingerprint density at radius 3 is 2.25 bits per heavy atom. The summed E-state index contributed by atoms with van der Waals surface area (Å²) >= 11 is 0. The van der Waals surface area contributed by atoms with Crippen molar-refractivity contribution in [3.8, 4) is 11.1 Å². The molecule has 1 atom stereocenters. The van der Waals surface area contributed by atoms with Crippen molar-refractivity contribution < 1.29 is 24.2 Å². The Balaban J connectivity index is 1.68. The summed E-state index contributed by atoms with van der Waals surface area (Å²) in [5, 5.41) is 11.7. The van der Waals surface area contributed by atoms with Gasteiger partial charge >= 0.3 is 12.1 Å². The van der Waals surface area contributed by atoms with Gasteiger partial charge in [-0.15, -0.1) is 6.58 Å². The second-order valence-electron chi connectivity index (χ2n) is 7.70. The number of amides is 2. The van der Waals surface area contributed by atoms with E-state index in [-0.39, 0.29) is 25.5 Å². The van der Waals surface area contributed by atoms with Crippen LogP contribution in [0.4, 0.5) is 4.79 Å². The second-order valence-corrected chi connectivity index (χ2v) is 7.70. The number of nitrogens with zero attached hydrogens (tertiary/aromatic N) is 1. The van der Waals surface area contributed by atoms with Gasteiger partial charge in [0.25, 0.3) is 0 Å². The summed E-state index contributed by atoms with van der Waals surface area (Å²) in [6.07, 6.45) is 1.56. The third-order valence-electron chi connectivity index (χ3n) is 5.47. The Kier molecular flexibility index (Phi) is 7.65. The number of alkyl carbamates (subject to hydrolysis) is 1. The van der Waals surface area contributed by atoms with E-state index in [9.17, 15) is 14.4 Å². The quantitative estimate of drug-likeness (QED) is 0.553. The molecule has 0 aliphatic heterocycles. The van der Waals surface area contributed by atoms with E-state index in [0.29, 0.717) is 6.42 Å². The monoisotopic (exact) mass is 436 g/mol. The van der Waals surface area contributed by atoms with Crippen molar-refractivity contribution in [1.29, 1.82) is 0 Å². The summed E-state index contributed by atoms with van der Waals surface area (Å²) in [6, 6.07) is 15.1. The van der Waals surface area contributed by atoms with Gasteiger partial charge in [-0.3, -0.25) is 9.59 Å². The molecular weight excluding hydrogens is 408 g/mol. The standard InChI is InChI=1S/C25H28N2O5/c1-3-9-22(24(30)27(14-4-2)15-23(28)29)26-25(31)32-16-21-19-12-7-5-10-17(19)18-11-6-8-13-20(18)21/h3,5-8,10-13,21-22H,1,4,9,14-16H2,2H3,(H,26,31)(H,28,29). The summed E-state index contributed by atoms with van der Waals surface area (Å²) in [5.41, 5.74) is 4.44. The molecule has 1 unspecified atom stereocenters. The van der Waals surface area contributed by atoms with E-state index in [1.54, 1.807) is 0 Å². The van der Waals surface area contributed by atoms with E-state index >= 15 is 0 Å². The van der Waals surface area contributed by atoms with E-state index in [1.165, 1.54) is 11.0 Å². The van der Waals surface area contributed by atoms with Crippen LogP contribution in [0.1, 0.15) is 36.8 Å². The molecule has 2 N–H and O–H groups in total. The van der Waals surface area contributed by atoms with Crippen LogP contribution in [0, 0.1) is 0 Å². The molecule has 0 bridgehead atoms. The van der Waals surface area contributed by atoms with Crippen LogP contribution in [-0.4, -0.2) is 53.7 Å². The lowest BCUT2D eigenvalue weighted by Gasteiger charge is -2.26. The Hall–Kier alpha value is -3.61. The van der Waals surface area contributed by atoms with Crippen LogP contribution in [0.2, 0.25) is 0 Å². The number of carbonyl (C=O) groups excluding carboxylic acids is 2. The maximum absolute atomic E-state index is 12.8. The first-order chi connectivity index (χ1) is 15.5. The van der Waals surface area contributed by atoms with Crippen molar-refractivity contribution in [2.75, 3.05) is 19.7 Å². The highest BCUT2D eigenvalue weighted by molar-refractivity contribution is 5.88. The predicted octanol–water partition coefficient (Wildman–Crippen LogP) is 3.79. The maximum Gasteiger partial charge on any atom is 0.407 e. The molecule has 7 nitrogen and oxygen atoms in total. The first-order valence-electron chi connectivity index (χ1n) is 10.7. The Labute approximate surface area is 187 Å². The normalized spacial score (nSPS) is 12.9. The summed E-state index contributed by atoms with van der Waals surface area (Å²) < 4.78 is 5.52. The third kappa shape index (κ3) is 5.17. The zero-order valence-electron chi connectivity index (χ0n) is 18.1. The highest BCUT2D eigenvalue weighted by Crippen LogP contribution is 2.44. The largest absolute Gasteiger partial charge is 0.480 e. The van der Waals surface area contributed by atoms with Gasteiger partial charge in [-0.1, -0.05) is 61.5 Å². The molecule has 2 amide bonds. The van der Waals surface area contributed by atoms with Gasteiger partial charge in [0.2, 0.25) is 5.91 Å². The minimum absolute atomic E-state index is 0.0923. The molecular formula is C25H28N2O5. The number of rotatable bonds is 10. The number of hydrogen-bond acceptors (Lipinski definition) is 4. The van der Waals surface area contributed by atoms with E-state index in [2.05, 4.69) is 24.0 Å². The van der Waals surface area contributed by atoms with Crippen molar-refractivity contribution >= 4 is 18.0 Å². The van der Waals surface area contributed by atoms with Gasteiger partial charge in [0.1, 0.15) is 19.2 Å². The van der Waals surface area contributed by atoms with Gasteiger partial charge in [-0.25, -0.2) is 4.79 Å². The Bertz CT molecular complexity index is 958. The summed E-state index contributed by atoms with van der Waals surface area (Å²) in [7, 11) is 0. The number of benzene rings is 2. The first kappa shape index (κ1) is 23.1. The van der Waals surface area contributed by atoms with Crippen molar-refractivity contribution in [1.82, 2.24) is 10.2 Å². The zero-order chi connectivity index (χ0) is 23.1. The van der Waals surface area contributed by atoms with Crippen LogP contribution in [-0.2, 0) is 14.3 Å². The molecule has 168 valence electrons. The van der Waals surface area contributed by atoms with Gasteiger partial charge in [-0.05, 0) is 35.1 Å². The summed E-state index contributed by atoms with van der Waals surface area (Å²) in [5.74, 6) is -1.67. The van der Waals surface area contributed by atoms with E-state index < -0.39 is 30.6 Å². The average Bonchev–Trinajstić information content (AvgIpc) is 3.10. The molecule has 7 heteroatoms. The topological polar surface area (TPSA) is 95.9 Å². The number of aliphatic carboxylic acids is 1. The summed E-state index contributed by atoms with van der Waals surface area (Å²) in [6.45, 7) is 5.47. The smallest absolute Gasteiger partial charge is 0.407 e. The molecule has 0 aromatic heterocycles. The van der Waals surface area contributed by atoms with Crippen LogP contribution < -0.4 is 5.32 Å². The molecule has 1 aliphatic carbocycles. The van der Waals surface area contributed by atoms with Crippen molar-refractivity contribution in [3.05, 3.63) is 72.3 Å². The molecule has 3 rings (SSSR count). The van der Waals surface area contributed by atoms with Gasteiger partial charge in [0, 0.05) is 12.5 Å². The number of ether oxygens (including phenoxy) is 1. The second kappa shape index (κ2) is 10.6. The van der Waals surface area contributed by atoms with E-state index in [1.807, 2.05) is 43.3 Å². The van der Waals surface area contributed by atoms with Crippen LogP contribution in [0.15, 0.2) is 61.2 Å². The number of carboxylic acid groups (broad SMARTS) is 1. The van der Waals surface area contributed by atoms with Gasteiger partial charge in [0.05, 0.1) is 0 Å². The van der Waals surface area contributed by atoms with Crippen LogP contribution in [0.5, 0.6) is 0 Å². The van der Waals surface area contributed by atoms with Gasteiger partial charge in [-0.2, -0.15) is 0 Å². The van der Waals surface area contributed by atoms with Crippen LogP contribution >= 0.6 is 0 Å². The molecule has 1 aliphatic rings. The Morgan fingerprint density at radius 2 is 1.72 bits per heavy atom. The highest BCUT2D eigenvalue weighted by atomic mass is 16.5. The van der Waals surface area contributed by atoms with Gasteiger partial charge < -0.3 is 20.1 Å². The fourth-order valence-corrected chi connectivity index (χ4v) is 4.09. The highest BCUT2D eigenvalue weighted by Gasteiger charge is 2.30. The minimum Gasteiger partial charge on any atom is -0.480 e. The van der Waals surface area contributed by atoms with Gasteiger partial charge in [0.15, 0.2) is 0 Å². The van der Waals surface area contributed by atoms with E-state index in [4.69, 9.17) is 9.84 Å². The fraction of sp³-hybridized carbons (Fsp3) is 0.320. The molecule has 0 spiro atoms. The molecule has 0 saturated carbocycles. The lowest BCUT2D eigenvalue weighted by Crippen LogP contribution is -2.50. The minimum atomic E-state index is -1.11. The number of nitrogens with one attached hydrogen (secondary N) is 1. The Morgan fingerprint density at radius 1 is 1.12 bits per heavy atom. The van der Waals surface area contributed by atoms with Crippen LogP contribution in [0.25, 0.3) is 11.1 Å². The number of fused-ring (bicyclic) bond motifs is 3. The fourth-order valence-electron chi connectivity index (χ4n) is 4.09. The molecule has 0 saturated heterocycles. The lowest BCUT2D eigenvalue weighted by molar-refractivity contribution is -0.145. The van der Waals surface area contributed by atoms with Crippen molar-refractivity contribution in [2.24, 2.45) is 0 Å².